The summed E-state index contributed by atoms with van der Waals surface area (Å²) in [5.74, 6) is 0.707. The number of para-hydroxylation sites is 1. The molecule has 0 spiro atoms. The number of sulfonamides is 1. The van der Waals surface area contributed by atoms with Crippen LogP contribution in [0.4, 0.5) is 5.69 Å². The van der Waals surface area contributed by atoms with Crippen molar-refractivity contribution in [1.29, 1.82) is 0 Å². The fraction of sp³-hybridized carbons (Fsp3) is 0.286. The fourth-order valence-electron chi connectivity index (χ4n) is 3.20. The van der Waals surface area contributed by atoms with Gasteiger partial charge in [0.1, 0.15) is 0 Å². The fourth-order valence-corrected chi connectivity index (χ4v) is 4.77. The molecule has 7 nitrogen and oxygen atoms in total. The summed E-state index contributed by atoms with van der Waals surface area (Å²) in [6, 6.07) is 11.7. The van der Waals surface area contributed by atoms with Crippen molar-refractivity contribution >= 4 is 27.7 Å². The van der Waals surface area contributed by atoms with E-state index >= 15 is 0 Å². The number of methoxy groups -OCH3 is 2. The molecule has 154 valence electrons. The Morgan fingerprint density at radius 1 is 1.07 bits per heavy atom. The molecule has 29 heavy (non-hydrogen) atoms. The molecule has 0 unspecified atom stereocenters. The van der Waals surface area contributed by atoms with E-state index in [4.69, 9.17) is 9.47 Å². The van der Waals surface area contributed by atoms with Gasteiger partial charge in [0.15, 0.2) is 11.5 Å². The van der Waals surface area contributed by atoms with Crippen LogP contribution in [0.5, 0.6) is 11.5 Å². The lowest BCUT2D eigenvalue weighted by atomic mass is 10.1. The maximum atomic E-state index is 12.7. The number of anilines is 1. The summed E-state index contributed by atoms with van der Waals surface area (Å²) in [5.41, 5.74) is 1.10. The SMILES string of the molecule is COc1cccc(C=CC(=O)Nc2cccc(S(=O)(=O)N3CCCC3)c2)c1OC. The van der Waals surface area contributed by atoms with E-state index in [2.05, 4.69) is 5.32 Å². The minimum Gasteiger partial charge on any atom is -0.493 e. The Labute approximate surface area is 171 Å². The maximum Gasteiger partial charge on any atom is 0.248 e. The van der Waals surface area contributed by atoms with Gasteiger partial charge in [0.25, 0.3) is 0 Å². The van der Waals surface area contributed by atoms with Gasteiger partial charge in [-0.25, -0.2) is 8.42 Å². The molecule has 0 saturated carbocycles. The lowest BCUT2D eigenvalue weighted by Crippen LogP contribution is -2.27. The van der Waals surface area contributed by atoms with Crippen molar-refractivity contribution in [2.24, 2.45) is 0 Å². The molecule has 2 aromatic rings. The highest BCUT2D eigenvalue weighted by atomic mass is 32.2. The van der Waals surface area contributed by atoms with Gasteiger partial charge in [-0.1, -0.05) is 18.2 Å². The summed E-state index contributed by atoms with van der Waals surface area (Å²) in [5, 5.41) is 2.70. The van der Waals surface area contributed by atoms with Crippen molar-refractivity contribution < 1.29 is 22.7 Å². The second-order valence-electron chi connectivity index (χ2n) is 6.54. The van der Waals surface area contributed by atoms with Gasteiger partial charge in [-0.3, -0.25) is 4.79 Å². The van der Waals surface area contributed by atoms with Crippen LogP contribution >= 0.6 is 0 Å². The molecule has 1 saturated heterocycles. The van der Waals surface area contributed by atoms with Gasteiger partial charge in [-0.05, 0) is 43.2 Å². The number of amides is 1. The van der Waals surface area contributed by atoms with Crippen LogP contribution in [0.25, 0.3) is 6.08 Å². The third kappa shape index (κ3) is 4.78. The Hall–Kier alpha value is -2.84. The molecule has 0 aromatic heterocycles. The van der Waals surface area contributed by atoms with Gasteiger partial charge in [0, 0.05) is 30.4 Å². The van der Waals surface area contributed by atoms with Crippen LogP contribution in [0.1, 0.15) is 18.4 Å². The van der Waals surface area contributed by atoms with Gasteiger partial charge < -0.3 is 14.8 Å². The van der Waals surface area contributed by atoms with Crippen molar-refractivity contribution in [2.45, 2.75) is 17.7 Å². The Kier molecular flexibility index (Phi) is 6.56. The van der Waals surface area contributed by atoms with Crippen LogP contribution in [-0.4, -0.2) is 45.9 Å². The molecule has 1 heterocycles. The highest BCUT2D eigenvalue weighted by Gasteiger charge is 2.27. The van der Waals surface area contributed by atoms with Crippen LogP contribution in [0.15, 0.2) is 53.4 Å². The number of hydrogen-bond acceptors (Lipinski definition) is 5. The first-order chi connectivity index (χ1) is 14.0. The van der Waals surface area contributed by atoms with Crippen LogP contribution in [0.2, 0.25) is 0 Å². The van der Waals surface area contributed by atoms with E-state index in [0.29, 0.717) is 35.8 Å². The van der Waals surface area contributed by atoms with Crippen molar-refractivity contribution in [3.05, 3.63) is 54.1 Å². The van der Waals surface area contributed by atoms with Gasteiger partial charge in [-0.2, -0.15) is 4.31 Å². The number of hydrogen-bond donors (Lipinski definition) is 1. The van der Waals surface area contributed by atoms with Gasteiger partial charge in [0.2, 0.25) is 15.9 Å². The molecule has 1 aliphatic rings. The van der Waals surface area contributed by atoms with E-state index in [1.54, 1.807) is 49.6 Å². The lowest BCUT2D eigenvalue weighted by Gasteiger charge is -2.16. The predicted molar refractivity (Wildman–Crippen MR) is 112 cm³/mol. The number of nitrogens with zero attached hydrogens (tertiary/aromatic N) is 1. The predicted octanol–water partition coefficient (Wildman–Crippen LogP) is 3.14. The monoisotopic (exact) mass is 416 g/mol. The molecule has 1 N–H and O–H groups in total. The Bertz CT molecular complexity index is 1010. The molecule has 0 atom stereocenters. The Morgan fingerprint density at radius 2 is 1.79 bits per heavy atom. The Morgan fingerprint density at radius 3 is 2.48 bits per heavy atom. The summed E-state index contributed by atoms with van der Waals surface area (Å²) in [6.07, 6.45) is 4.71. The standard InChI is InChI=1S/C21H24N2O5S/c1-27-19-10-5-7-16(21(19)28-2)11-12-20(24)22-17-8-6-9-18(15-17)29(25,26)23-13-3-4-14-23/h5-12,15H,3-4,13-14H2,1-2H3,(H,22,24). The van der Waals surface area contributed by atoms with Crippen molar-refractivity contribution in [2.75, 3.05) is 32.6 Å². The molecular formula is C21H24N2O5S. The van der Waals surface area contributed by atoms with Crippen molar-refractivity contribution in [3.63, 3.8) is 0 Å². The third-order valence-electron chi connectivity index (χ3n) is 4.65. The summed E-state index contributed by atoms with van der Waals surface area (Å²) < 4.78 is 37.4. The largest absolute Gasteiger partial charge is 0.493 e. The van der Waals surface area contributed by atoms with Crippen LogP contribution in [0, 0.1) is 0 Å². The van der Waals surface area contributed by atoms with E-state index < -0.39 is 10.0 Å². The number of ether oxygens (including phenoxy) is 2. The highest BCUT2D eigenvalue weighted by molar-refractivity contribution is 7.89. The molecule has 1 amide bonds. The topological polar surface area (TPSA) is 84.9 Å². The summed E-state index contributed by atoms with van der Waals surface area (Å²) >= 11 is 0. The first-order valence-electron chi connectivity index (χ1n) is 9.26. The zero-order valence-corrected chi connectivity index (χ0v) is 17.2. The zero-order valence-electron chi connectivity index (χ0n) is 16.4. The summed E-state index contributed by atoms with van der Waals surface area (Å²) in [6.45, 7) is 1.06. The average molecular weight is 416 g/mol. The molecule has 3 rings (SSSR count). The van der Waals surface area contributed by atoms with E-state index in [1.165, 1.54) is 23.6 Å². The molecule has 2 aromatic carbocycles. The molecule has 8 heteroatoms. The van der Waals surface area contributed by atoms with E-state index in [-0.39, 0.29) is 10.8 Å². The quantitative estimate of drug-likeness (QED) is 0.701. The van der Waals surface area contributed by atoms with Gasteiger partial charge in [-0.15, -0.1) is 0 Å². The molecule has 1 fully saturated rings. The van der Waals surface area contributed by atoms with E-state index in [9.17, 15) is 13.2 Å². The van der Waals surface area contributed by atoms with Gasteiger partial charge >= 0.3 is 0 Å². The number of carbonyl (C=O) groups is 1. The third-order valence-corrected chi connectivity index (χ3v) is 6.55. The number of carbonyl (C=O) groups excluding carboxylic acids is 1. The summed E-state index contributed by atoms with van der Waals surface area (Å²) in [7, 11) is -0.463. The Balaban J connectivity index is 1.74. The van der Waals surface area contributed by atoms with Crippen LogP contribution < -0.4 is 14.8 Å². The van der Waals surface area contributed by atoms with Gasteiger partial charge in [0.05, 0.1) is 19.1 Å². The normalized spacial score (nSPS) is 14.8. The van der Waals surface area contributed by atoms with Crippen molar-refractivity contribution in [1.82, 2.24) is 4.31 Å². The molecule has 0 bridgehead atoms. The second kappa shape index (κ2) is 9.11. The zero-order chi connectivity index (χ0) is 20.9. The van der Waals surface area contributed by atoms with Crippen LogP contribution in [0.3, 0.4) is 0 Å². The minimum absolute atomic E-state index is 0.177. The smallest absolute Gasteiger partial charge is 0.248 e. The average Bonchev–Trinajstić information content (AvgIpc) is 3.28. The van der Waals surface area contributed by atoms with E-state index in [1.807, 2.05) is 0 Å². The molecule has 0 radical (unpaired) electrons. The first kappa shape index (κ1) is 20.9. The minimum atomic E-state index is -3.54. The molecule has 1 aliphatic heterocycles. The number of benzene rings is 2. The highest BCUT2D eigenvalue weighted by Crippen LogP contribution is 2.31. The molecular weight excluding hydrogens is 392 g/mol. The number of rotatable bonds is 7. The summed E-state index contributed by atoms with van der Waals surface area (Å²) in [4.78, 5) is 12.5. The van der Waals surface area contributed by atoms with Crippen LogP contribution in [-0.2, 0) is 14.8 Å². The van der Waals surface area contributed by atoms with Crippen molar-refractivity contribution in [3.8, 4) is 11.5 Å². The lowest BCUT2D eigenvalue weighted by molar-refractivity contribution is -0.111. The number of nitrogens with one attached hydrogen (secondary N) is 1. The second-order valence-corrected chi connectivity index (χ2v) is 8.48. The molecule has 0 aliphatic carbocycles. The van der Waals surface area contributed by atoms with E-state index in [0.717, 1.165) is 12.8 Å². The first-order valence-corrected chi connectivity index (χ1v) is 10.7. The maximum absolute atomic E-state index is 12.7.